The van der Waals surface area contributed by atoms with E-state index in [-0.39, 0.29) is 5.57 Å². The summed E-state index contributed by atoms with van der Waals surface area (Å²) < 4.78 is 9.68. The summed E-state index contributed by atoms with van der Waals surface area (Å²) in [6.07, 6.45) is 14.3. The zero-order valence-electron chi connectivity index (χ0n) is 28.2. The summed E-state index contributed by atoms with van der Waals surface area (Å²) in [6.45, 7) is 4.56. The van der Waals surface area contributed by atoms with Crippen molar-refractivity contribution in [2.45, 2.75) is 65.2 Å². The number of carboxylic acid groups (broad SMARTS) is 1. The highest BCUT2D eigenvalue weighted by molar-refractivity contribution is 8.40. The number of unbranched alkanes of at least 4 members (excludes halogenated alkanes) is 6. The predicted molar refractivity (Wildman–Crippen MR) is 231 cm³/mol. The molecule has 3 aromatic heterocycles. The lowest BCUT2D eigenvalue weighted by Crippen LogP contribution is -1.97. The number of thiophene rings is 3. The number of aliphatic carboxylic acids is 1. The molecule has 258 valence electrons. The van der Waals surface area contributed by atoms with Crippen LogP contribution in [-0.4, -0.2) is 22.6 Å². The summed E-state index contributed by atoms with van der Waals surface area (Å²) in [7, 11) is 0. The fourth-order valence-electron chi connectivity index (χ4n) is 5.46. The van der Waals surface area contributed by atoms with Gasteiger partial charge in [0.1, 0.15) is 11.6 Å². The lowest BCUT2D eigenvalue weighted by molar-refractivity contribution is -0.132. The van der Waals surface area contributed by atoms with Crippen LogP contribution in [0.1, 0.15) is 76.3 Å². The first kappa shape index (κ1) is 37.4. The summed E-state index contributed by atoms with van der Waals surface area (Å²) >= 11 is 13.6. The van der Waals surface area contributed by atoms with Crippen molar-refractivity contribution in [3.63, 3.8) is 0 Å². The molecule has 10 heteroatoms. The van der Waals surface area contributed by atoms with Gasteiger partial charge in [0.05, 0.1) is 22.1 Å². The van der Waals surface area contributed by atoms with Crippen molar-refractivity contribution in [1.82, 2.24) is 0 Å². The average molecular weight is 790 g/mol. The monoisotopic (exact) mass is 789 g/mol. The van der Waals surface area contributed by atoms with Crippen molar-refractivity contribution < 1.29 is 9.90 Å². The largest absolute Gasteiger partial charge is 0.477 e. The molecular formula is C40H39NO2S7. The number of carbonyl (C=O) groups is 1. The fraction of sp³-hybridized carbons (Fsp3) is 0.300. The first-order chi connectivity index (χ1) is 24.4. The van der Waals surface area contributed by atoms with Gasteiger partial charge in [-0.25, -0.2) is 4.79 Å². The number of nitrogens with zero attached hydrogens (tertiary/aromatic N) is 1. The van der Waals surface area contributed by atoms with Crippen LogP contribution < -0.4 is 0 Å². The molecule has 0 saturated carbocycles. The maximum atomic E-state index is 11.2. The Labute approximate surface area is 324 Å². The first-order valence-corrected chi connectivity index (χ1v) is 23.1. The number of rotatable bonds is 17. The highest BCUT2D eigenvalue weighted by Gasteiger charge is 2.22. The Morgan fingerprint density at radius 1 is 0.720 bits per heavy atom. The van der Waals surface area contributed by atoms with Gasteiger partial charge in [0, 0.05) is 19.2 Å². The highest BCUT2D eigenvalue weighted by atomic mass is 32.3. The van der Waals surface area contributed by atoms with E-state index in [4.69, 9.17) is 10.4 Å². The molecule has 1 aliphatic heterocycles. The normalized spacial score (nSPS) is 13.5. The van der Waals surface area contributed by atoms with E-state index in [1.807, 2.05) is 70.5 Å². The minimum Gasteiger partial charge on any atom is -0.477 e. The second-order valence-electron chi connectivity index (χ2n) is 12.0. The molecule has 4 heterocycles. The molecule has 6 rings (SSSR count). The molecule has 5 aromatic rings. The number of benzene rings is 2. The summed E-state index contributed by atoms with van der Waals surface area (Å²) in [6, 6.07) is 23.1. The van der Waals surface area contributed by atoms with Gasteiger partial charge < -0.3 is 5.11 Å². The molecule has 3 nitrogen and oxygen atoms in total. The van der Waals surface area contributed by atoms with E-state index >= 15 is 0 Å². The van der Waals surface area contributed by atoms with E-state index in [0.717, 1.165) is 5.56 Å². The number of hydrogen-bond donors (Lipinski definition) is 1. The van der Waals surface area contributed by atoms with E-state index in [1.165, 1.54) is 121 Å². The van der Waals surface area contributed by atoms with Crippen molar-refractivity contribution in [3.05, 3.63) is 90.1 Å². The second-order valence-corrected chi connectivity index (χ2v) is 20.3. The van der Waals surface area contributed by atoms with Gasteiger partial charge >= 0.3 is 5.97 Å². The Bertz CT molecular complexity index is 2040. The van der Waals surface area contributed by atoms with Crippen LogP contribution in [0.3, 0.4) is 0 Å². The van der Waals surface area contributed by atoms with Crippen molar-refractivity contribution >= 4 is 118 Å². The Morgan fingerprint density at radius 2 is 1.22 bits per heavy atom. The van der Waals surface area contributed by atoms with Gasteiger partial charge in [0.2, 0.25) is 0 Å². The smallest absolute Gasteiger partial charge is 0.346 e. The first-order valence-electron chi connectivity index (χ1n) is 17.0. The third kappa shape index (κ3) is 9.54. The number of carboxylic acids is 1. The molecule has 0 amide bonds. The van der Waals surface area contributed by atoms with Crippen LogP contribution in [-0.2, 0) is 4.79 Å². The van der Waals surface area contributed by atoms with Crippen molar-refractivity contribution in [2.24, 2.45) is 0 Å². The topological polar surface area (TPSA) is 61.1 Å². The molecule has 0 radical (unpaired) electrons. The number of thioether (sulfide) groups is 4. The lowest BCUT2D eigenvalue weighted by Gasteiger charge is -2.05. The Kier molecular flexibility index (Phi) is 13.8. The number of nitriles is 1. The molecule has 0 saturated heterocycles. The van der Waals surface area contributed by atoms with E-state index in [2.05, 4.69) is 79.8 Å². The molecule has 1 aliphatic rings. The van der Waals surface area contributed by atoms with E-state index in [1.54, 1.807) is 17.4 Å². The summed E-state index contributed by atoms with van der Waals surface area (Å²) in [5.41, 5.74) is 4.02. The quantitative estimate of drug-likeness (QED) is 0.0572. The molecule has 50 heavy (non-hydrogen) atoms. The Balaban J connectivity index is 1.13. The molecule has 0 fully saturated rings. The summed E-state index contributed by atoms with van der Waals surface area (Å²) in [5.74, 6) is 1.22. The van der Waals surface area contributed by atoms with Gasteiger partial charge in [-0.05, 0) is 70.9 Å². The molecular weight excluding hydrogens is 751 g/mol. The number of fused-ring (bicyclic) bond motifs is 3. The third-order valence-electron chi connectivity index (χ3n) is 8.17. The average Bonchev–Trinajstić information content (AvgIpc) is 3.89. The zero-order chi connectivity index (χ0) is 34.9. The molecule has 2 aromatic carbocycles. The summed E-state index contributed by atoms with van der Waals surface area (Å²) in [4.78, 5) is 13.7. The molecule has 1 N–H and O–H groups in total. The zero-order valence-corrected chi connectivity index (χ0v) is 33.9. The van der Waals surface area contributed by atoms with Crippen LogP contribution in [0.2, 0.25) is 0 Å². The maximum absolute atomic E-state index is 11.2. The highest BCUT2D eigenvalue weighted by Crippen LogP contribution is 2.58. The third-order valence-corrected chi connectivity index (χ3v) is 17.6. The van der Waals surface area contributed by atoms with Gasteiger partial charge in [-0.3, -0.25) is 0 Å². The molecule has 0 unspecified atom stereocenters. The molecule has 0 aliphatic carbocycles. The molecule has 0 bridgehead atoms. The number of hydrogen-bond acceptors (Lipinski definition) is 9. The van der Waals surface area contributed by atoms with Gasteiger partial charge in [-0.1, -0.05) is 124 Å². The van der Waals surface area contributed by atoms with Gasteiger partial charge in [0.15, 0.2) is 0 Å². The van der Waals surface area contributed by atoms with E-state index < -0.39 is 5.97 Å². The van der Waals surface area contributed by atoms with Crippen molar-refractivity contribution in [1.29, 1.82) is 5.26 Å². The van der Waals surface area contributed by atoms with Gasteiger partial charge in [-0.15, -0.1) is 57.5 Å². The maximum Gasteiger partial charge on any atom is 0.346 e. The Morgan fingerprint density at radius 3 is 1.68 bits per heavy atom. The fourth-order valence-corrected chi connectivity index (χ4v) is 15.4. The van der Waals surface area contributed by atoms with E-state index in [0.29, 0.717) is 5.56 Å². The van der Waals surface area contributed by atoms with Crippen LogP contribution >= 0.6 is 81.1 Å². The van der Waals surface area contributed by atoms with Crippen LogP contribution in [0.15, 0.2) is 78.9 Å². The van der Waals surface area contributed by atoms with Crippen molar-refractivity contribution in [3.8, 4) is 27.0 Å². The second kappa shape index (κ2) is 18.4. The van der Waals surface area contributed by atoms with Crippen LogP contribution in [0.4, 0.5) is 0 Å². The van der Waals surface area contributed by atoms with E-state index in [9.17, 15) is 4.79 Å². The predicted octanol–water partition coefficient (Wildman–Crippen LogP) is 15.0. The standard InChI is InChI=1S/C40H39NO2S7/c1-3-5-7-9-19-44-39-40(45-20-10-8-6-4-2)50-35(49-39)22-27-13-17-29(18-14-27)32-24-34-37(48-32)36-33(46-34)23-31(47-36)28-15-11-26(12-16-28)21-30(25-41)38(42)43/h11-18,21-24H,3-10,19-20H2,1-2H3,(H,42,43)/b30-21-. The van der Waals surface area contributed by atoms with Crippen LogP contribution in [0.5, 0.6) is 0 Å². The van der Waals surface area contributed by atoms with Gasteiger partial charge in [-0.2, -0.15) is 5.26 Å². The minimum absolute atomic E-state index is 0.269. The van der Waals surface area contributed by atoms with Crippen LogP contribution in [0, 0.1) is 11.3 Å². The Hall–Kier alpha value is -2.36. The summed E-state index contributed by atoms with van der Waals surface area (Å²) in [5, 5.41) is 18.2. The SMILES string of the molecule is CCCCCCSC1=C(SCCCCCC)SC(=Cc2ccc(-c3cc4sc5cc(-c6ccc(/C=C(/C#N)C(=O)O)cc6)sc5c4s3)cc2)S1. The van der Waals surface area contributed by atoms with Crippen LogP contribution in [0.25, 0.3) is 51.8 Å². The molecule has 0 spiro atoms. The van der Waals surface area contributed by atoms with Crippen molar-refractivity contribution in [2.75, 3.05) is 11.5 Å². The van der Waals surface area contributed by atoms with Gasteiger partial charge in [0.25, 0.3) is 0 Å². The molecule has 0 atom stereocenters. The lowest BCUT2D eigenvalue weighted by atomic mass is 10.1. The minimum atomic E-state index is -1.21.